The quantitative estimate of drug-likeness (QED) is 0.861. The van der Waals surface area contributed by atoms with Gasteiger partial charge in [0.25, 0.3) is 5.91 Å². The lowest BCUT2D eigenvalue weighted by Gasteiger charge is -2.19. The minimum atomic E-state index is -0.0815. The molecule has 4 rings (SSSR count). The van der Waals surface area contributed by atoms with Gasteiger partial charge in [-0.3, -0.25) is 14.8 Å². The molecule has 1 amide bonds. The van der Waals surface area contributed by atoms with Gasteiger partial charge in [-0.2, -0.15) is 0 Å². The highest BCUT2D eigenvalue weighted by molar-refractivity contribution is 8.18. The fourth-order valence-corrected chi connectivity index (χ4v) is 3.81. The average molecular weight is 353 g/mol. The molecule has 0 spiro atoms. The molecule has 0 unspecified atom stereocenters. The van der Waals surface area contributed by atoms with Crippen LogP contribution in [0.4, 0.5) is 0 Å². The number of pyridine rings is 1. The number of nitrogens with zero attached hydrogens (tertiary/aromatic N) is 2. The second-order valence-corrected chi connectivity index (χ2v) is 7.25. The predicted molar refractivity (Wildman–Crippen MR) is 101 cm³/mol. The molecule has 3 heterocycles. The first-order valence-electron chi connectivity index (χ1n) is 8.46. The van der Waals surface area contributed by atoms with Gasteiger partial charge in [-0.15, -0.1) is 0 Å². The number of amides is 1. The number of thioether (sulfide) groups is 1. The zero-order chi connectivity index (χ0) is 17.1. The van der Waals surface area contributed by atoms with Crippen molar-refractivity contribution in [2.45, 2.75) is 12.8 Å². The summed E-state index contributed by atoms with van der Waals surface area (Å²) >= 11 is 1.41. The maximum atomic E-state index is 12.2. The van der Waals surface area contributed by atoms with Crippen LogP contribution in [0.2, 0.25) is 0 Å². The number of fused-ring (bicyclic) bond motifs is 1. The summed E-state index contributed by atoms with van der Waals surface area (Å²) in [6, 6.07) is 9.93. The van der Waals surface area contributed by atoms with E-state index < -0.39 is 0 Å². The number of amidine groups is 1. The minimum Gasteiger partial charge on any atom is -0.381 e. The van der Waals surface area contributed by atoms with E-state index in [0.717, 1.165) is 49.1 Å². The Balaban J connectivity index is 1.48. The number of rotatable bonds is 3. The van der Waals surface area contributed by atoms with Gasteiger partial charge in [0, 0.05) is 31.3 Å². The third kappa shape index (κ3) is 3.91. The van der Waals surface area contributed by atoms with Crippen molar-refractivity contribution in [1.82, 2.24) is 10.3 Å². The third-order valence-electron chi connectivity index (χ3n) is 4.41. The van der Waals surface area contributed by atoms with Crippen molar-refractivity contribution in [2.24, 2.45) is 10.9 Å². The van der Waals surface area contributed by atoms with Crippen LogP contribution in [0.3, 0.4) is 0 Å². The fraction of sp³-hybridized carbons (Fsp3) is 0.316. The molecular weight excluding hydrogens is 334 g/mol. The normalized spacial score (nSPS) is 22.0. The molecule has 2 fully saturated rings. The Hall–Kier alpha value is -2.18. The Kier molecular flexibility index (Phi) is 4.81. The number of hydrogen-bond acceptors (Lipinski definition) is 5. The van der Waals surface area contributed by atoms with Crippen LogP contribution in [0.15, 0.2) is 46.4 Å². The van der Waals surface area contributed by atoms with Crippen molar-refractivity contribution in [3.63, 3.8) is 0 Å². The van der Waals surface area contributed by atoms with E-state index in [2.05, 4.69) is 15.3 Å². The molecular formula is C19H19N3O2S. The van der Waals surface area contributed by atoms with Gasteiger partial charge in [-0.1, -0.05) is 12.1 Å². The standard InChI is InChI=1S/C19H19N3O2S/c23-18-17(11-14-3-4-16-15(10-14)2-1-7-20-16)25-19(22-18)21-12-13-5-8-24-9-6-13/h1-4,7,10-11,13H,5-6,8-9,12H2,(H,21,22,23)/b17-11-. The van der Waals surface area contributed by atoms with Gasteiger partial charge in [0.15, 0.2) is 5.17 Å². The Bertz CT molecular complexity index is 857. The zero-order valence-corrected chi connectivity index (χ0v) is 14.6. The highest BCUT2D eigenvalue weighted by Gasteiger charge is 2.24. The van der Waals surface area contributed by atoms with Crippen molar-refractivity contribution in [1.29, 1.82) is 0 Å². The number of ether oxygens (including phenoxy) is 1. The van der Waals surface area contributed by atoms with Crippen molar-refractivity contribution >= 4 is 39.8 Å². The third-order valence-corrected chi connectivity index (χ3v) is 5.36. The van der Waals surface area contributed by atoms with Crippen LogP contribution in [0, 0.1) is 5.92 Å². The Morgan fingerprint density at radius 2 is 2.20 bits per heavy atom. The molecule has 1 aromatic heterocycles. The Morgan fingerprint density at radius 3 is 3.08 bits per heavy atom. The SMILES string of the molecule is O=C1NC(=NCC2CCOCC2)S/C1=C\c1ccc2ncccc2c1. The summed E-state index contributed by atoms with van der Waals surface area (Å²) < 4.78 is 5.37. The van der Waals surface area contributed by atoms with Gasteiger partial charge >= 0.3 is 0 Å². The molecule has 0 bridgehead atoms. The number of benzene rings is 1. The zero-order valence-electron chi connectivity index (χ0n) is 13.8. The Labute approximate surface area is 150 Å². The van der Waals surface area contributed by atoms with Gasteiger partial charge in [0.2, 0.25) is 0 Å². The van der Waals surface area contributed by atoms with Crippen molar-refractivity contribution in [3.8, 4) is 0 Å². The second-order valence-electron chi connectivity index (χ2n) is 6.22. The van der Waals surface area contributed by atoms with Crippen molar-refractivity contribution < 1.29 is 9.53 Å². The van der Waals surface area contributed by atoms with Crippen molar-refractivity contribution in [3.05, 3.63) is 47.0 Å². The first-order chi connectivity index (χ1) is 12.3. The van der Waals surface area contributed by atoms with Gasteiger partial charge in [0.05, 0.1) is 10.4 Å². The number of carbonyl (C=O) groups excluding carboxylic acids is 1. The van der Waals surface area contributed by atoms with E-state index in [4.69, 9.17) is 4.74 Å². The molecule has 0 radical (unpaired) electrons. The molecule has 5 nitrogen and oxygen atoms in total. The lowest BCUT2D eigenvalue weighted by atomic mass is 10.0. The summed E-state index contributed by atoms with van der Waals surface area (Å²) in [5.74, 6) is 0.474. The number of hydrogen-bond donors (Lipinski definition) is 1. The van der Waals surface area contributed by atoms with Crippen LogP contribution >= 0.6 is 11.8 Å². The van der Waals surface area contributed by atoms with Crippen LogP contribution < -0.4 is 5.32 Å². The van der Waals surface area contributed by atoms with Gasteiger partial charge in [-0.25, -0.2) is 0 Å². The van der Waals surface area contributed by atoms with E-state index in [0.29, 0.717) is 16.0 Å². The molecule has 2 saturated heterocycles. The molecule has 128 valence electrons. The molecule has 0 aliphatic carbocycles. The molecule has 2 aromatic rings. The highest BCUT2D eigenvalue weighted by Crippen LogP contribution is 2.27. The molecule has 1 aromatic carbocycles. The van der Waals surface area contributed by atoms with E-state index in [9.17, 15) is 4.79 Å². The molecule has 2 aliphatic rings. The summed E-state index contributed by atoms with van der Waals surface area (Å²) in [6.45, 7) is 2.38. The average Bonchev–Trinajstić information content (AvgIpc) is 3.00. The number of aliphatic imine (C=N–C) groups is 1. The predicted octanol–water partition coefficient (Wildman–Crippen LogP) is 3.22. The molecule has 0 atom stereocenters. The smallest absolute Gasteiger partial charge is 0.264 e. The van der Waals surface area contributed by atoms with Gasteiger partial charge in [-0.05, 0) is 60.4 Å². The molecule has 2 aliphatic heterocycles. The van der Waals surface area contributed by atoms with E-state index in [1.54, 1.807) is 6.20 Å². The Morgan fingerprint density at radius 1 is 1.32 bits per heavy atom. The number of aromatic nitrogens is 1. The number of nitrogens with one attached hydrogen (secondary N) is 1. The monoisotopic (exact) mass is 353 g/mol. The first kappa shape index (κ1) is 16.3. The first-order valence-corrected chi connectivity index (χ1v) is 9.27. The van der Waals surface area contributed by atoms with E-state index in [1.807, 2.05) is 36.4 Å². The lowest BCUT2D eigenvalue weighted by Crippen LogP contribution is -2.22. The molecule has 25 heavy (non-hydrogen) atoms. The lowest BCUT2D eigenvalue weighted by molar-refractivity contribution is -0.115. The van der Waals surface area contributed by atoms with Crippen LogP contribution in [0.25, 0.3) is 17.0 Å². The summed E-state index contributed by atoms with van der Waals surface area (Å²) in [4.78, 5) is 21.8. The van der Waals surface area contributed by atoms with Crippen molar-refractivity contribution in [2.75, 3.05) is 19.8 Å². The fourth-order valence-electron chi connectivity index (χ4n) is 2.98. The van der Waals surface area contributed by atoms with Crippen LogP contribution in [-0.2, 0) is 9.53 Å². The van der Waals surface area contributed by atoms with Crippen LogP contribution in [0.5, 0.6) is 0 Å². The summed E-state index contributed by atoms with van der Waals surface area (Å²) in [5, 5.41) is 4.63. The van der Waals surface area contributed by atoms with Crippen LogP contribution in [0.1, 0.15) is 18.4 Å². The molecule has 6 heteroatoms. The molecule has 1 N–H and O–H groups in total. The van der Waals surface area contributed by atoms with E-state index in [-0.39, 0.29) is 5.91 Å². The summed E-state index contributed by atoms with van der Waals surface area (Å²) in [6.07, 6.45) is 5.78. The largest absolute Gasteiger partial charge is 0.381 e. The van der Waals surface area contributed by atoms with Gasteiger partial charge in [0.1, 0.15) is 0 Å². The number of carbonyl (C=O) groups is 1. The topological polar surface area (TPSA) is 63.6 Å². The van der Waals surface area contributed by atoms with E-state index in [1.165, 1.54) is 11.8 Å². The van der Waals surface area contributed by atoms with Crippen LogP contribution in [-0.4, -0.2) is 35.8 Å². The minimum absolute atomic E-state index is 0.0815. The molecule has 0 saturated carbocycles. The maximum Gasteiger partial charge on any atom is 0.264 e. The highest BCUT2D eigenvalue weighted by atomic mass is 32.2. The summed E-state index contributed by atoms with van der Waals surface area (Å²) in [5.41, 5.74) is 1.94. The van der Waals surface area contributed by atoms with E-state index >= 15 is 0 Å². The second kappa shape index (κ2) is 7.37. The summed E-state index contributed by atoms with van der Waals surface area (Å²) in [7, 11) is 0. The maximum absolute atomic E-state index is 12.2. The van der Waals surface area contributed by atoms with Gasteiger partial charge < -0.3 is 10.1 Å².